The van der Waals surface area contributed by atoms with Crippen LogP contribution in [0.1, 0.15) is 17.0 Å². The smallest absolute Gasteiger partial charge is 0.278 e. The number of sulfonamides is 1. The van der Waals surface area contributed by atoms with Gasteiger partial charge in [-0.15, -0.1) is 0 Å². The Labute approximate surface area is 120 Å². The van der Waals surface area contributed by atoms with Gasteiger partial charge >= 0.3 is 0 Å². The standard InChI is InChI=1S/C12H14BrN3O2S/c1-7-4-10(5-8(2)12(7)13)16-19(17,18)11-6-14-9(3)15-11/h4-6,16H,1-3H3,(H,14,15). The summed E-state index contributed by atoms with van der Waals surface area (Å²) in [5.41, 5.74) is 2.47. The van der Waals surface area contributed by atoms with E-state index in [4.69, 9.17) is 0 Å². The normalized spacial score (nSPS) is 11.6. The lowest BCUT2D eigenvalue weighted by molar-refractivity contribution is 0.598. The zero-order chi connectivity index (χ0) is 14.2. The van der Waals surface area contributed by atoms with Crippen LogP contribution in [0.15, 0.2) is 27.8 Å². The molecule has 7 heteroatoms. The Hall–Kier alpha value is -1.34. The van der Waals surface area contributed by atoms with E-state index in [-0.39, 0.29) is 5.03 Å². The van der Waals surface area contributed by atoms with Gasteiger partial charge in [0.1, 0.15) is 5.82 Å². The fourth-order valence-corrected chi connectivity index (χ4v) is 2.99. The number of hydrogen-bond acceptors (Lipinski definition) is 3. The van der Waals surface area contributed by atoms with Gasteiger partial charge in [0.15, 0.2) is 5.03 Å². The molecular weight excluding hydrogens is 330 g/mol. The second-order valence-corrected chi connectivity index (χ2v) is 6.81. The molecule has 0 radical (unpaired) electrons. The summed E-state index contributed by atoms with van der Waals surface area (Å²) in [4.78, 5) is 6.60. The first-order chi connectivity index (χ1) is 8.79. The van der Waals surface area contributed by atoms with Crippen LogP contribution in [-0.2, 0) is 10.0 Å². The number of aryl methyl sites for hydroxylation is 3. The summed E-state index contributed by atoms with van der Waals surface area (Å²) in [7, 11) is -3.62. The second-order valence-electron chi connectivity index (χ2n) is 4.36. The number of nitrogens with zero attached hydrogens (tertiary/aromatic N) is 1. The van der Waals surface area contributed by atoms with Crippen LogP contribution in [-0.4, -0.2) is 18.4 Å². The third-order valence-corrected chi connectivity index (χ3v) is 5.20. The maximum atomic E-state index is 12.1. The Morgan fingerprint density at radius 2 is 1.79 bits per heavy atom. The molecule has 2 N–H and O–H groups in total. The van der Waals surface area contributed by atoms with Gasteiger partial charge < -0.3 is 4.98 Å². The molecule has 2 aromatic rings. The van der Waals surface area contributed by atoms with Gasteiger partial charge in [-0.3, -0.25) is 4.72 Å². The van der Waals surface area contributed by atoms with Gasteiger partial charge in [-0.2, -0.15) is 8.42 Å². The lowest BCUT2D eigenvalue weighted by Gasteiger charge is -2.10. The van der Waals surface area contributed by atoms with Gasteiger partial charge in [0, 0.05) is 10.2 Å². The summed E-state index contributed by atoms with van der Waals surface area (Å²) in [6.45, 7) is 5.53. The van der Waals surface area contributed by atoms with Gasteiger partial charge in [0.05, 0.1) is 6.20 Å². The molecule has 1 heterocycles. The summed E-state index contributed by atoms with van der Waals surface area (Å²) >= 11 is 3.45. The highest BCUT2D eigenvalue weighted by molar-refractivity contribution is 9.10. The summed E-state index contributed by atoms with van der Waals surface area (Å²) in [5, 5.41) is 0.0585. The van der Waals surface area contributed by atoms with Gasteiger partial charge in [0.2, 0.25) is 0 Å². The minimum atomic E-state index is -3.62. The molecule has 0 aliphatic heterocycles. The van der Waals surface area contributed by atoms with E-state index in [9.17, 15) is 8.42 Å². The molecule has 0 atom stereocenters. The number of aromatic nitrogens is 2. The third kappa shape index (κ3) is 2.98. The number of benzene rings is 1. The summed E-state index contributed by atoms with van der Waals surface area (Å²) in [5.74, 6) is 0.559. The van der Waals surface area contributed by atoms with Crippen LogP contribution in [0.25, 0.3) is 0 Å². The van der Waals surface area contributed by atoms with Crippen molar-refractivity contribution in [1.29, 1.82) is 0 Å². The maximum absolute atomic E-state index is 12.1. The fraction of sp³-hybridized carbons (Fsp3) is 0.250. The average Bonchev–Trinajstić information content (AvgIpc) is 2.73. The quantitative estimate of drug-likeness (QED) is 0.899. The number of nitrogens with one attached hydrogen (secondary N) is 2. The molecule has 1 aromatic carbocycles. The molecule has 0 fully saturated rings. The van der Waals surface area contributed by atoms with Crippen molar-refractivity contribution in [3.05, 3.63) is 39.8 Å². The molecule has 0 aliphatic rings. The molecule has 1 aromatic heterocycles. The highest BCUT2D eigenvalue weighted by Crippen LogP contribution is 2.26. The van der Waals surface area contributed by atoms with Gasteiger partial charge in [0.25, 0.3) is 10.0 Å². The van der Waals surface area contributed by atoms with Crippen LogP contribution in [0, 0.1) is 20.8 Å². The van der Waals surface area contributed by atoms with Crippen molar-refractivity contribution in [3.63, 3.8) is 0 Å². The molecule has 5 nitrogen and oxygen atoms in total. The van der Waals surface area contributed by atoms with Crippen molar-refractivity contribution in [2.75, 3.05) is 4.72 Å². The van der Waals surface area contributed by atoms with Crippen LogP contribution in [0.4, 0.5) is 5.69 Å². The van der Waals surface area contributed by atoms with Gasteiger partial charge in [-0.1, -0.05) is 15.9 Å². The zero-order valence-corrected chi connectivity index (χ0v) is 13.2. The highest BCUT2D eigenvalue weighted by atomic mass is 79.9. The van der Waals surface area contributed by atoms with E-state index in [1.165, 1.54) is 6.20 Å². The number of aromatic amines is 1. The number of anilines is 1. The van der Waals surface area contributed by atoms with Gasteiger partial charge in [-0.05, 0) is 44.0 Å². The van der Waals surface area contributed by atoms with Gasteiger partial charge in [-0.25, -0.2) is 4.98 Å². The Balaban J connectivity index is 2.36. The second kappa shape index (κ2) is 4.97. The Morgan fingerprint density at radius 3 is 2.26 bits per heavy atom. The molecule has 0 saturated carbocycles. The van der Waals surface area contributed by atoms with E-state index in [1.54, 1.807) is 19.1 Å². The summed E-state index contributed by atoms with van der Waals surface area (Å²) in [6, 6.07) is 3.55. The topological polar surface area (TPSA) is 74.8 Å². The largest absolute Gasteiger partial charge is 0.332 e. The number of rotatable bonds is 3. The van der Waals surface area contributed by atoms with E-state index in [0.29, 0.717) is 11.5 Å². The molecule has 102 valence electrons. The van der Waals surface area contributed by atoms with E-state index >= 15 is 0 Å². The first-order valence-electron chi connectivity index (χ1n) is 5.61. The van der Waals surface area contributed by atoms with E-state index in [1.807, 2.05) is 13.8 Å². The van der Waals surface area contributed by atoms with E-state index in [2.05, 4.69) is 30.6 Å². The molecule has 0 spiro atoms. The van der Waals surface area contributed by atoms with Crippen LogP contribution in [0.2, 0.25) is 0 Å². The Bertz CT molecular complexity index is 699. The molecular formula is C12H14BrN3O2S. The van der Waals surface area contributed by atoms with Crippen molar-refractivity contribution in [1.82, 2.24) is 9.97 Å². The van der Waals surface area contributed by atoms with Crippen LogP contribution < -0.4 is 4.72 Å². The molecule has 0 unspecified atom stereocenters. The SMILES string of the molecule is Cc1ncc(S(=O)(=O)Nc2cc(C)c(Br)c(C)c2)[nH]1. The molecule has 0 aliphatic carbocycles. The fourth-order valence-electron chi connectivity index (χ4n) is 1.75. The van der Waals surface area contributed by atoms with Crippen molar-refractivity contribution in [2.45, 2.75) is 25.8 Å². The number of hydrogen-bond donors (Lipinski definition) is 2. The highest BCUT2D eigenvalue weighted by Gasteiger charge is 2.17. The Morgan fingerprint density at radius 1 is 1.21 bits per heavy atom. The maximum Gasteiger partial charge on any atom is 0.278 e. The molecule has 0 bridgehead atoms. The summed E-state index contributed by atoms with van der Waals surface area (Å²) < 4.78 is 27.8. The third-order valence-electron chi connectivity index (χ3n) is 2.66. The molecule has 19 heavy (non-hydrogen) atoms. The van der Waals surface area contributed by atoms with E-state index < -0.39 is 10.0 Å². The van der Waals surface area contributed by atoms with Crippen molar-refractivity contribution < 1.29 is 8.42 Å². The Kier molecular flexibility index (Phi) is 3.69. The zero-order valence-electron chi connectivity index (χ0n) is 10.8. The number of halogens is 1. The number of H-pyrrole nitrogens is 1. The monoisotopic (exact) mass is 343 g/mol. The molecule has 0 amide bonds. The predicted molar refractivity (Wildman–Crippen MR) is 77.7 cm³/mol. The van der Waals surface area contributed by atoms with E-state index in [0.717, 1.165) is 15.6 Å². The van der Waals surface area contributed by atoms with Crippen LogP contribution in [0.3, 0.4) is 0 Å². The minimum absolute atomic E-state index is 0.0585. The summed E-state index contributed by atoms with van der Waals surface area (Å²) in [6.07, 6.45) is 1.30. The molecule has 2 rings (SSSR count). The lowest BCUT2D eigenvalue weighted by Crippen LogP contribution is -2.13. The lowest BCUT2D eigenvalue weighted by atomic mass is 10.1. The van der Waals surface area contributed by atoms with Crippen LogP contribution in [0.5, 0.6) is 0 Å². The average molecular weight is 344 g/mol. The van der Waals surface area contributed by atoms with Crippen molar-refractivity contribution >= 4 is 31.6 Å². The predicted octanol–water partition coefficient (Wildman–Crippen LogP) is 2.90. The van der Waals surface area contributed by atoms with Crippen molar-refractivity contribution in [2.24, 2.45) is 0 Å². The first-order valence-corrected chi connectivity index (χ1v) is 7.88. The van der Waals surface area contributed by atoms with Crippen molar-refractivity contribution in [3.8, 4) is 0 Å². The first kappa shape index (κ1) is 14.1. The van der Waals surface area contributed by atoms with Crippen LogP contribution >= 0.6 is 15.9 Å². The minimum Gasteiger partial charge on any atom is -0.332 e. The molecule has 0 saturated heterocycles. The number of imidazole rings is 1.